The molecule has 0 spiro atoms. The summed E-state index contributed by atoms with van der Waals surface area (Å²) in [6.07, 6.45) is 0. The zero-order valence-electron chi connectivity index (χ0n) is 25.3. The van der Waals surface area contributed by atoms with E-state index in [0.717, 1.165) is 66.3 Å². The van der Waals surface area contributed by atoms with Crippen molar-refractivity contribution in [2.75, 3.05) is 0 Å². The maximum absolute atomic E-state index is 6.70. The van der Waals surface area contributed by atoms with Crippen molar-refractivity contribution in [2.24, 2.45) is 0 Å². The van der Waals surface area contributed by atoms with Gasteiger partial charge < -0.3 is 4.42 Å². The van der Waals surface area contributed by atoms with Gasteiger partial charge in [-0.3, -0.25) is 0 Å². The molecular formula is C43H27N3O. The summed E-state index contributed by atoms with van der Waals surface area (Å²) < 4.78 is 6.70. The summed E-state index contributed by atoms with van der Waals surface area (Å²) in [5.74, 6) is 1.85. The van der Waals surface area contributed by atoms with E-state index in [2.05, 4.69) is 115 Å². The summed E-state index contributed by atoms with van der Waals surface area (Å²) in [5.41, 5.74) is 8.81. The number of para-hydroxylation sites is 1. The van der Waals surface area contributed by atoms with Gasteiger partial charge in [-0.1, -0.05) is 140 Å². The third-order valence-electron chi connectivity index (χ3n) is 8.74. The highest BCUT2D eigenvalue weighted by molar-refractivity contribution is 6.16. The molecule has 0 radical (unpaired) electrons. The predicted molar refractivity (Wildman–Crippen MR) is 192 cm³/mol. The van der Waals surface area contributed by atoms with Gasteiger partial charge in [-0.25, -0.2) is 15.0 Å². The van der Waals surface area contributed by atoms with Crippen LogP contribution >= 0.6 is 0 Å². The highest BCUT2D eigenvalue weighted by Crippen LogP contribution is 2.43. The lowest BCUT2D eigenvalue weighted by Gasteiger charge is -2.13. The van der Waals surface area contributed by atoms with Crippen molar-refractivity contribution in [3.63, 3.8) is 0 Å². The lowest BCUT2D eigenvalue weighted by molar-refractivity contribution is 0.670. The van der Waals surface area contributed by atoms with Crippen LogP contribution in [-0.4, -0.2) is 15.0 Å². The molecule has 0 saturated heterocycles. The van der Waals surface area contributed by atoms with Crippen LogP contribution in [0.1, 0.15) is 0 Å². The van der Waals surface area contributed by atoms with E-state index < -0.39 is 0 Å². The van der Waals surface area contributed by atoms with Gasteiger partial charge in [-0.2, -0.15) is 0 Å². The summed E-state index contributed by atoms with van der Waals surface area (Å²) in [6, 6.07) is 56.3. The van der Waals surface area contributed by atoms with Crippen LogP contribution in [-0.2, 0) is 0 Å². The van der Waals surface area contributed by atoms with Crippen LogP contribution in [0.3, 0.4) is 0 Å². The number of furan rings is 1. The van der Waals surface area contributed by atoms with E-state index >= 15 is 0 Å². The van der Waals surface area contributed by atoms with Gasteiger partial charge in [0.15, 0.2) is 17.5 Å². The molecule has 47 heavy (non-hydrogen) atoms. The normalized spacial score (nSPS) is 11.4. The van der Waals surface area contributed by atoms with Crippen molar-refractivity contribution < 1.29 is 4.42 Å². The van der Waals surface area contributed by atoms with E-state index in [9.17, 15) is 0 Å². The molecule has 4 heteroatoms. The minimum Gasteiger partial charge on any atom is -0.455 e. The van der Waals surface area contributed by atoms with Crippen LogP contribution in [0.15, 0.2) is 168 Å². The van der Waals surface area contributed by atoms with Crippen molar-refractivity contribution in [1.29, 1.82) is 0 Å². The molecule has 0 amide bonds. The van der Waals surface area contributed by atoms with Crippen molar-refractivity contribution in [3.8, 4) is 56.4 Å². The molecule has 4 nitrogen and oxygen atoms in total. The fourth-order valence-corrected chi connectivity index (χ4v) is 6.48. The quantitative estimate of drug-likeness (QED) is 0.197. The van der Waals surface area contributed by atoms with Crippen LogP contribution in [0.5, 0.6) is 0 Å². The molecular weight excluding hydrogens is 574 g/mol. The SMILES string of the molecule is c1ccc(-c2nc(-c3ccc4ccccc4c3)nc(-c3ccc(-c4ccccc4-c4ccccc4)c4oc5ccccc5c34)n2)cc1. The maximum atomic E-state index is 6.70. The standard InChI is InChI=1S/C43H27N3O/c1-3-14-29(15-4-1)33-19-9-10-20-34(33)35-25-26-37(39-36-21-11-12-22-38(36)47-40(35)39)43-45-41(30-16-5-2-6-17-30)44-42(46-43)32-24-23-28-13-7-8-18-31(28)27-32/h1-27H. The second kappa shape index (κ2) is 11.2. The first-order valence-electron chi connectivity index (χ1n) is 15.7. The van der Waals surface area contributed by atoms with Gasteiger partial charge in [0.1, 0.15) is 11.2 Å². The second-order valence-corrected chi connectivity index (χ2v) is 11.6. The number of rotatable bonds is 5. The lowest BCUT2D eigenvalue weighted by atomic mass is 9.92. The topological polar surface area (TPSA) is 51.8 Å². The second-order valence-electron chi connectivity index (χ2n) is 11.6. The van der Waals surface area contributed by atoms with Crippen LogP contribution in [0.25, 0.3) is 89.1 Å². The predicted octanol–water partition coefficient (Wildman–Crippen LogP) is 11.3. The first-order chi connectivity index (χ1) is 23.3. The Morgan fingerprint density at radius 3 is 1.77 bits per heavy atom. The molecule has 2 heterocycles. The molecule has 0 aliphatic carbocycles. The number of hydrogen-bond acceptors (Lipinski definition) is 4. The van der Waals surface area contributed by atoms with Crippen molar-refractivity contribution in [1.82, 2.24) is 15.0 Å². The molecule has 0 fully saturated rings. The Kier molecular flexibility index (Phi) is 6.43. The van der Waals surface area contributed by atoms with E-state index in [1.54, 1.807) is 0 Å². The highest BCUT2D eigenvalue weighted by atomic mass is 16.3. The maximum Gasteiger partial charge on any atom is 0.164 e. The van der Waals surface area contributed by atoms with Gasteiger partial charge in [0.2, 0.25) is 0 Å². The molecule has 0 N–H and O–H groups in total. The van der Waals surface area contributed by atoms with Gasteiger partial charge in [-0.15, -0.1) is 0 Å². The molecule has 7 aromatic carbocycles. The Hall–Kier alpha value is -6.39. The minimum absolute atomic E-state index is 0.599. The Bertz CT molecular complexity index is 2570. The minimum atomic E-state index is 0.599. The smallest absolute Gasteiger partial charge is 0.164 e. The molecule has 9 rings (SSSR count). The number of aromatic nitrogens is 3. The Morgan fingerprint density at radius 2 is 0.957 bits per heavy atom. The van der Waals surface area contributed by atoms with Crippen LogP contribution in [0.4, 0.5) is 0 Å². The fraction of sp³-hybridized carbons (Fsp3) is 0. The van der Waals surface area contributed by atoms with Crippen LogP contribution in [0, 0.1) is 0 Å². The van der Waals surface area contributed by atoms with Crippen molar-refractivity contribution in [3.05, 3.63) is 164 Å². The van der Waals surface area contributed by atoms with E-state index in [0.29, 0.717) is 17.5 Å². The first kappa shape index (κ1) is 27.0. The van der Waals surface area contributed by atoms with Gasteiger partial charge in [0.25, 0.3) is 0 Å². The Balaban J connectivity index is 1.31. The lowest BCUT2D eigenvalue weighted by Crippen LogP contribution is -2.00. The Labute approximate surface area is 271 Å². The van der Waals surface area contributed by atoms with Crippen LogP contribution in [0.2, 0.25) is 0 Å². The summed E-state index contributed by atoms with van der Waals surface area (Å²) in [5, 5.41) is 4.31. The molecule has 0 aliphatic heterocycles. The average molecular weight is 602 g/mol. The summed E-state index contributed by atoms with van der Waals surface area (Å²) in [4.78, 5) is 15.2. The number of benzene rings is 7. The number of hydrogen-bond donors (Lipinski definition) is 0. The van der Waals surface area contributed by atoms with Gasteiger partial charge >= 0.3 is 0 Å². The molecule has 0 unspecified atom stereocenters. The van der Waals surface area contributed by atoms with Gasteiger partial charge in [0.05, 0.1) is 0 Å². The zero-order chi connectivity index (χ0) is 31.2. The van der Waals surface area contributed by atoms with E-state index in [1.165, 1.54) is 5.39 Å². The molecule has 9 aromatic rings. The van der Waals surface area contributed by atoms with Gasteiger partial charge in [-0.05, 0) is 51.7 Å². The monoisotopic (exact) mass is 601 g/mol. The average Bonchev–Trinajstić information content (AvgIpc) is 3.55. The molecule has 0 atom stereocenters. The van der Waals surface area contributed by atoms with Crippen molar-refractivity contribution >= 4 is 32.7 Å². The third kappa shape index (κ3) is 4.75. The summed E-state index contributed by atoms with van der Waals surface area (Å²) >= 11 is 0. The van der Waals surface area contributed by atoms with Crippen LogP contribution < -0.4 is 0 Å². The number of fused-ring (bicyclic) bond motifs is 4. The summed E-state index contributed by atoms with van der Waals surface area (Å²) in [7, 11) is 0. The van der Waals surface area contributed by atoms with E-state index in [1.807, 2.05) is 48.5 Å². The van der Waals surface area contributed by atoms with Gasteiger partial charge in [0, 0.05) is 33.0 Å². The third-order valence-corrected chi connectivity index (χ3v) is 8.74. The largest absolute Gasteiger partial charge is 0.455 e. The van der Waals surface area contributed by atoms with Crippen molar-refractivity contribution in [2.45, 2.75) is 0 Å². The highest BCUT2D eigenvalue weighted by Gasteiger charge is 2.21. The Morgan fingerprint density at radius 1 is 0.362 bits per heavy atom. The zero-order valence-corrected chi connectivity index (χ0v) is 25.3. The molecule has 0 saturated carbocycles. The first-order valence-corrected chi connectivity index (χ1v) is 15.7. The molecule has 2 aromatic heterocycles. The molecule has 0 bridgehead atoms. The van der Waals surface area contributed by atoms with E-state index in [4.69, 9.17) is 19.4 Å². The molecule has 0 aliphatic rings. The summed E-state index contributed by atoms with van der Waals surface area (Å²) in [6.45, 7) is 0. The fourth-order valence-electron chi connectivity index (χ4n) is 6.48. The van der Waals surface area contributed by atoms with E-state index in [-0.39, 0.29) is 0 Å². The molecule has 220 valence electrons. The number of nitrogens with zero attached hydrogens (tertiary/aromatic N) is 3.